The van der Waals surface area contributed by atoms with Gasteiger partial charge >= 0.3 is 0 Å². The van der Waals surface area contributed by atoms with E-state index in [0.29, 0.717) is 12.5 Å². The van der Waals surface area contributed by atoms with Gasteiger partial charge in [0.2, 0.25) is 0 Å². The summed E-state index contributed by atoms with van der Waals surface area (Å²) in [7, 11) is -4.02. The van der Waals surface area contributed by atoms with Crippen molar-refractivity contribution in [3.63, 3.8) is 0 Å². The second-order valence-electron chi connectivity index (χ2n) is 3.19. The molecular formula is C9H9F2NO4S. The number of halogens is 2. The summed E-state index contributed by atoms with van der Waals surface area (Å²) in [5.41, 5.74) is -0.0582. The molecule has 94 valence electrons. The van der Waals surface area contributed by atoms with Crippen LogP contribution in [0.15, 0.2) is 18.3 Å². The van der Waals surface area contributed by atoms with Crippen LogP contribution in [0.3, 0.4) is 0 Å². The van der Waals surface area contributed by atoms with E-state index in [-0.39, 0.29) is 11.3 Å². The molecule has 0 aliphatic carbocycles. The fraction of sp³-hybridized carbons (Fsp3) is 0.333. The van der Waals surface area contributed by atoms with Gasteiger partial charge in [-0.2, -0.15) is 8.42 Å². The van der Waals surface area contributed by atoms with Crippen LogP contribution in [-0.2, 0) is 14.3 Å². The molecule has 0 spiro atoms. The average molecular weight is 265 g/mol. The van der Waals surface area contributed by atoms with Crippen LogP contribution in [0.5, 0.6) is 0 Å². The van der Waals surface area contributed by atoms with Gasteiger partial charge in [-0.15, -0.1) is 0 Å². The van der Waals surface area contributed by atoms with Gasteiger partial charge < -0.3 is 0 Å². The van der Waals surface area contributed by atoms with Crippen molar-refractivity contribution in [1.82, 2.24) is 4.98 Å². The van der Waals surface area contributed by atoms with Crippen LogP contribution in [0.4, 0.5) is 8.78 Å². The van der Waals surface area contributed by atoms with Crippen molar-refractivity contribution in [2.45, 2.75) is 12.5 Å². The van der Waals surface area contributed by atoms with Crippen molar-refractivity contribution in [2.24, 2.45) is 0 Å². The molecule has 0 saturated carbocycles. The zero-order valence-corrected chi connectivity index (χ0v) is 9.52. The molecule has 0 radical (unpaired) electrons. The van der Waals surface area contributed by atoms with E-state index in [2.05, 4.69) is 9.17 Å². The lowest BCUT2D eigenvalue weighted by molar-refractivity contribution is 0.0123. The Balaban J connectivity index is 3.01. The van der Waals surface area contributed by atoms with Crippen LogP contribution >= 0.6 is 0 Å². The van der Waals surface area contributed by atoms with Crippen molar-refractivity contribution < 1.29 is 26.2 Å². The lowest BCUT2D eigenvalue weighted by atomic mass is 10.2. The standard InChI is InChI=1S/C9H9F2NO4S/c1-17(14,15)16-8(9(10)11)7-3-2-6(5-13)4-12-7/h2-5,8-9H,1H3. The van der Waals surface area contributed by atoms with Crippen molar-refractivity contribution in [3.05, 3.63) is 29.6 Å². The topological polar surface area (TPSA) is 73.3 Å². The fourth-order valence-electron chi connectivity index (χ4n) is 1.06. The van der Waals surface area contributed by atoms with Gasteiger partial charge in [0, 0.05) is 11.8 Å². The van der Waals surface area contributed by atoms with E-state index in [1.807, 2.05) is 0 Å². The SMILES string of the molecule is CS(=O)(=O)OC(c1ccc(C=O)cn1)C(F)F. The first kappa shape index (κ1) is 13.7. The molecule has 0 aliphatic heterocycles. The van der Waals surface area contributed by atoms with Crippen LogP contribution in [0.1, 0.15) is 22.2 Å². The zero-order chi connectivity index (χ0) is 13.1. The minimum Gasteiger partial charge on any atom is -0.298 e. The van der Waals surface area contributed by atoms with Crippen LogP contribution < -0.4 is 0 Å². The fourth-order valence-corrected chi connectivity index (χ4v) is 1.62. The highest BCUT2D eigenvalue weighted by Gasteiger charge is 2.28. The number of carbonyl (C=O) groups is 1. The average Bonchev–Trinajstić information content (AvgIpc) is 2.25. The molecule has 0 amide bonds. The second-order valence-corrected chi connectivity index (χ2v) is 4.79. The van der Waals surface area contributed by atoms with Gasteiger partial charge in [0.1, 0.15) is 0 Å². The number of aldehydes is 1. The molecule has 0 N–H and O–H groups in total. The Labute approximate surface area is 96.6 Å². The number of carbonyl (C=O) groups excluding carboxylic acids is 1. The molecule has 0 aliphatic rings. The van der Waals surface area contributed by atoms with Crippen LogP contribution in [0.2, 0.25) is 0 Å². The quantitative estimate of drug-likeness (QED) is 0.590. The van der Waals surface area contributed by atoms with Gasteiger partial charge in [0.25, 0.3) is 16.5 Å². The van der Waals surface area contributed by atoms with Gasteiger partial charge in [-0.05, 0) is 12.1 Å². The first-order valence-corrected chi connectivity index (χ1v) is 6.22. The monoisotopic (exact) mass is 265 g/mol. The molecule has 1 heterocycles. The second kappa shape index (κ2) is 5.28. The lowest BCUT2D eigenvalue weighted by Crippen LogP contribution is -2.18. The lowest BCUT2D eigenvalue weighted by Gasteiger charge is -2.14. The third-order valence-corrected chi connectivity index (χ3v) is 2.30. The molecule has 17 heavy (non-hydrogen) atoms. The Morgan fingerprint density at radius 3 is 2.41 bits per heavy atom. The summed E-state index contributed by atoms with van der Waals surface area (Å²) in [5, 5.41) is 0. The van der Waals surface area contributed by atoms with Crippen LogP contribution in [0, 0.1) is 0 Å². The highest BCUT2D eigenvalue weighted by molar-refractivity contribution is 7.86. The molecule has 1 rings (SSSR count). The molecule has 1 aromatic rings. The Bertz CT molecular complexity index is 486. The van der Waals surface area contributed by atoms with Crippen molar-refractivity contribution in [1.29, 1.82) is 0 Å². The maximum Gasteiger partial charge on any atom is 0.271 e. The number of hydrogen-bond donors (Lipinski definition) is 0. The highest BCUT2D eigenvalue weighted by atomic mass is 32.2. The van der Waals surface area contributed by atoms with E-state index < -0.39 is 22.6 Å². The van der Waals surface area contributed by atoms with Gasteiger partial charge in [-0.1, -0.05) is 0 Å². The Kier molecular flexibility index (Phi) is 4.24. The Morgan fingerprint density at radius 1 is 1.41 bits per heavy atom. The predicted molar refractivity (Wildman–Crippen MR) is 54.3 cm³/mol. The van der Waals surface area contributed by atoms with E-state index in [4.69, 9.17) is 0 Å². The molecule has 0 saturated heterocycles. The summed E-state index contributed by atoms with van der Waals surface area (Å²) < 4.78 is 51.0. The summed E-state index contributed by atoms with van der Waals surface area (Å²) in [6, 6.07) is 2.36. The maximum atomic E-state index is 12.6. The number of pyridine rings is 1. The van der Waals surface area contributed by atoms with E-state index in [9.17, 15) is 22.0 Å². The summed E-state index contributed by atoms with van der Waals surface area (Å²) in [6.07, 6.45) is -2.79. The number of hydrogen-bond acceptors (Lipinski definition) is 5. The minimum atomic E-state index is -4.02. The van der Waals surface area contributed by atoms with E-state index in [1.165, 1.54) is 6.07 Å². The summed E-state index contributed by atoms with van der Waals surface area (Å²) in [5.74, 6) is 0. The van der Waals surface area contributed by atoms with Crippen LogP contribution in [-0.4, -0.2) is 32.4 Å². The number of alkyl halides is 2. The number of aromatic nitrogens is 1. The summed E-state index contributed by atoms with van der Waals surface area (Å²) in [4.78, 5) is 13.9. The smallest absolute Gasteiger partial charge is 0.271 e. The molecule has 8 heteroatoms. The van der Waals surface area contributed by atoms with Crippen molar-refractivity contribution in [3.8, 4) is 0 Å². The molecule has 1 unspecified atom stereocenters. The molecule has 0 fully saturated rings. The Hall–Kier alpha value is -1.41. The third-order valence-electron chi connectivity index (χ3n) is 1.74. The van der Waals surface area contributed by atoms with Gasteiger partial charge in [-0.25, -0.2) is 8.78 Å². The van der Waals surface area contributed by atoms with Crippen molar-refractivity contribution in [2.75, 3.05) is 6.26 Å². The van der Waals surface area contributed by atoms with Gasteiger partial charge in [-0.3, -0.25) is 14.0 Å². The van der Waals surface area contributed by atoms with Gasteiger partial charge in [0.15, 0.2) is 12.4 Å². The van der Waals surface area contributed by atoms with E-state index in [0.717, 1.165) is 12.3 Å². The highest BCUT2D eigenvalue weighted by Crippen LogP contribution is 2.24. The number of rotatable bonds is 5. The van der Waals surface area contributed by atoms with E-state index in [1.54, 1.807) is 0 Å². The predicted octanol–water partition coefficient (Wildman–Crippen LogP) is 1.18. The van der Waals surface area contributed by atoms with E-state index >= 15 is 0 Å². The Morgan fingerprint density at radius 2 is 2.06 bits per heavy atom. The third kappa shape index (κ3) is 4.16. The van der Waals surface area contributed by atoms with Crippen molar-refractivity contribution >= 4 is 16.4 Å². The molecule has 0 aromatic carbocycles. The minimum absolute atomic E-state index is 0.195. The summed E-state index contributed by atoms with van der Waals surface area (Å²) >= 11 is 0. The van der Waals surface area contributed by atoms with Gasteiger partial charge in [0.05, 0.1) is 11.9 Å². The molecule has 0 bridgehead atoms. The largest absolute Gasteiger partial charge is 0.298 e. The molecule has 1 atom stereocenters. The number of nitrogens with zero attached hydrogens (tertiary/aromatic N) is 1. The van der Waals surface area contributed by atoms with Crippen LogP contribution in [0.25, 0.3) is 0 Å². The first-order valence-electron chi connectivity index (χ1n) is 4.41. The maximum absolute atomic E-state index is 12.6. The molecule has 1 aromatic heterocycles. The normalized spacial score (nSPS) is 13.6. The summed E-state index contributed by atoms with van der Waals surface area (Å²) in [6.45, 7) is 0. The first-order chi connectivity index (χ1) is 7.83. The molecular weight excluding hydrogens is 256 g/mol. The molecule has 5 nitrogen and oxygen atoms in total. The zero-order valence-electron chi connectivity index (χ0n) is 8.71.